The van der Waals surface area contributed by atoms with Crippen LogP contribution in [0, 0.1) is 28.6 Å². The number of hydrogen-bond acceptors (Lipinski definition) is 6. The van der Waals surface area contributed by atoms with E-state index in [-0.39, 0.29) is 54.1 Å². The van der Waals surface area contributed by atoms with E-state index in [1.165, 1.54) is 0 Å². The molecule has 0 aromatic heterocycles. The lowest BCUT2D eigenvalue weighted by molar-refractivity contribution is -0.169. The van der Waals surface area contributed by atoms with E-state index in [9.17, 15) is 24.6 Å². The number of ketones is 1. The summed E-state index contributed by atoms with van der Waals surface area (Å²) in [7, 11) is 0. The first-order valence-corrected chi connectivity index (χ1v) is 12.4. The minimum atomic E-state index is -1.10. The van der Waals surface area contributed by atoms with Crippen molar-refractivity contribution < 1.29 is 34.1 Å². The molecule has 5 unspecified atom stereocenters. The number of fused-ring (bicyclic) bond motifs is 3. The number of ether oxygens (including phenoxy) is 2. The van der Waals surface area contributed by atoms with Gasteiger partial charge in [0.15, 0.2) is 5.78 Å². The van der Waals surface area contributed by atoms with Crippen LogP contribution in [0.3, 0.4) is 0 Å². The van der Waals surface area contributed by atoms with E-state index in [4.69, 9.17) is 9.47 Å². The number of rotatable bonds is 5. The Bertz CT molecular complexity index is 939. The topological polar surface area (TPSA) is 113 Å². The van der Waals surface area contributed by atoms with Crippen LogP contribution in [-0.4, -0.2) is 51.3 Å². The molecule has 182 valence electrons. The molecule has 0 radical (unpaired) electrons. The van der Waals surface area contributed by atoms with Crippen molar-refractivity contribution in [3.8, 4) is 0 Å². The molecule has 33 heavy (non-hydrogen) atoms. The molecule has 1 spiro atoms. The van der Waals surface area contributed by atoms with Crippen LogP contribution >= 0.6 is 0 Å². The summed E-state index contributed by atoms with van der Waals surface area (Å²) in [5.74, 6) is -1.59. The summed E-state index contributed by atoms with van der Waals surface area (Å²) in [4.78, 5) is 37.0. The number of carboxylic acids is 1. The Hall–Kier alpha value is -1.73. The van der Waals surface area contributed by atoms with Crippen LogP contribution in [0.25, 0.3) is 0 Å². The van der Waals surface area contributed by atoms with Crippen molar-refractivity contribution in [3.63, 3.8) is 0 Å². The predicted octanol–water partition coefficient (Wildman–Crippen LogP) is 3.42. The number of carbonyl (C=O) groups is 3. The summed E-state index contributed by atoms with van der Waals surface area (Å²) in [6.07, 6.45) is 5.10. The lowest BCUT2D eigenvalue weighted by Gasteiger charge is -2.58. The van der Waals surface area contributed by atoms with Gasteiger partial charge in [-0.2, -0.15) is 0 Å². The van der Waals surface area contributed by atoms with E-state index >= 15 is 0 Å². The molecule has 3 saturated carbocycles. The molecule has 4 aliphatic carbocycles. The van der Waals surface area contributed by atoms with Gasteiger partial charge in [-0.05, 0) is 64.4 Å². The molecule has 1 aliphatic heterocycles. The van der Waals surface area contributed by atoms with E-state index < -0.39 is 28.5 Å². The molecule has 0 bridgehead atoms. The maximum Gasteiger partial charge on any atom is 0.309 e. The summed E-state index contributed by atoms with van der Waals surface area (Å²) in [6, 6.07) is 0. The van der Waals surface area contributed by atoms with Crippen LogP contribution in [-0.2, 0) is 23.9 Å². The fourth-order valence-corrected chi connectivity index (χ4v) is 8.39. The molecule has 7 heteroatoms. The van der Waals surface area contributed by atoms with E-state index in [1.807, 2.05) is 13.8 Å². The second-order valence-electron chi connectivity index (χ2n) is 11.9. The van der Waals surface area contributed by atoms with E-state index in [0.29, 0.717) is 32.1 Å². The van der Waals surface area contributed by atoms with Gasteiger partial charge in [0.25, 0.3) is 0 Å². The van der Waals surface area contributed by atoms with Crippen LogP contribution in [0.15, 0.2) is 11.6 Å². The van der Waals surface area contributed by atoms with Gasteiger partial charge >= 0.3 is 11.9 Å². The molecule has 0 aromatic rings. The Kier molecular flexibility index (Phi) is 4.98. The molecule has 4 fully saturated rings. The molecule has 1 saturated heterocycles. The summed E-state index contributed by atoms with van der Waals surface area (Å²) >= 11 is 0. The molecule has 0 amide bonds. The maximum absolute atomic E-state index is 13.4. The zero-order valence-corrected chi connectivity index (χ0v) is 20.1. The number of hydrogen-bond donors (Lipinski definition) is 2. The zero-order chi connectivity index (χ0) is 24.0. The fraction of sp³-hybridized carbons (Fsp3) is 0.808. The average molecular weight is 461 g/mol. The van der Waals surface area contributed by atoms with Crippen molar-refractivity contribution >= 4 is 17.7 Å². The summed E-state index contributed by atoms with van der Waals surface area (Å²) < 4.78 is 12.3. The highest BCUT2D eigenvalue weighted by Gasteiger charge is 2.82. The van der Waals surface area contributed by atoms with Crippen molar-refractivity contribution in [1.82, 2.24) is 0 Å². The van der Waals surface area contributed by atoms with Crippen molar-refractivity contribution in [3.05, 3.63) is 11.6 Å². The van der Waals surface area contributed by atoms with Crippen LogP contribution in [0.2, 0.25) is 0 Å². The maximum atomic E-state index is 13.4. The number of carbonyl (C=O) groups excluding carboxylic acids is 2. The van der Waals surface area contributed by atoms with Gasteiger partial charge in [-0.3, -0.25) is 14.4 Å². The molecule has 0 aromatic carbocycles. The normalized spacial score (nSPS) is 47.7. The van der Waals surface area contributed by atoms with E-state index in [1.54, 1.807) is 6.08 Å². The second kappa shape index (κ2) is 7.14. The third-order valence-electron chi connectivity index (χ3n) is 10.1. The standard InChI is InChI=1S/C26H36O7/c1-14(2)32-22(30)17-12-15-11-16(27)5-8-23(15,3)26-19(33-26)13-24(4)18(21(17)26)6-9-25(24,31)10-7-20(28)29/h11,14,17-19,21,31H,5-10,12-13H2,1-4H3,(H,28,29)/t17?,18?,19?,21?,23-,24-,25-,26?/m0/s1. The van der Waals surface area contributed by atoms with Crippen molar-refractivity contribution in [2.24, 2.45) is 28.6 Å². The lowest BCUT2D eigenvalue weighted by atomic mass is 9.43. The Balaban J connectivity index is 1.58. The van der Waals surface area contributed by atoms with Gasteiger partial charge < -0.3 is 19.7 Å². The first-order valence-electron chi connectivity index (χ1n) is 12.4. The smallest absolute Gasteiger partial charge is 0.309 e. The molecule has 1 heterocycles. The van der Waals surface area contributed by atoms with Gasteiger partial charge in [-0.1, -0.05) is 19.4 Å². The van der Waals surface area contributed by atoms with Crippen LogP contribution in [0.5, 0.6) is 0 Å². The summed E-state index contributed by atoms with van der Waals surface area (Å²) in [5, 5.41) is 21.0. The van der Waals surface area contributed by atoms with Crippen LogP contribution in [0.4, 0.5) is 0 Å². The highest BCUT2D eigenvalue weighted by atomic mass is 16.6. The third kappa shape index (κ3) is 2.97. The van der Waals surface area contributed by atoms with Gasteiger partial charge in [0, 0.05) is 29.6 Å². The first kappa shape index (κ1) is 23.0. The van der Waals surface area contributed by atoms with Crippen molar-refractivity contribution in [1.29, 1.82) is 0 Å². The highest BCUT2D eigenvalue weighted by Crippen LogP contribution is 2.77. The first-order chi connectivity index (χ1) is 15.4. The SMILES string of the molecule is CC(C)OC(=O)C1CC2=CC(=O)CC[C@]2(C)C23OC2C[C@@]2(C)C(CC[C@]2(O)CCC(=O)O)C13. The minimum absolute atomic E-state index is 0.0239. The van der Waals surface area contributed by atoms with Crippen molar-refractivity contribution in [2.45, 2.75) is 102 Å². The van der Waals surface area contributed by atoms with Crippen molar-refractivity contribution in [2.75, 3.05) is 0 Å². The highest BCUT2D eigenvalue weighted by molar-refractivity contribution is 5.92. The monoisotopic (exact) mass is 460 g/mol. The molecule has 8 atom stereocenters. The van der Waals surface area contributed by atoms with Crippen LogP contribution in [0.1, 0.15) is 79.1 Å². The van der Waals surface area contributed by atoms with Crippen LogP contribution < -0.4 is 0 Å². The molecule has 5 rings (SSSR count). The molecule has 2 N–H and O–H groups in total. The number of aliphatic hydroxyl groups is 1. The molecular weight excluding hydrogens is 424 g/mol. The number of carboxylic acid groups (broad SMARTS) is 1. The van der Waals surface area contributed by atoms with Gasteiger partial charge in [-0.25, -0.2) is 0 Å². The zero-order valence-electron chi connectivity index (χ0n) is 20.1. The Morgan fingerprint density at radius 3 is 2.67 bits per heavy atom. The third-order valence-corrected chi connectivity index (χ3v) is 10.1. The van der Waals surface area contributed by atoms with Gasteiger partial charge in [0.1, 0.15) is 5.60 Å². The van der Waals surface area contributed by atoms with E-state index in [2.05, 4.69) is 13.8 Å². The summed E-state index contributed by atoms with van der Waals surface area (Å²) in [5.41, 5.74) is -1.46. The Labute approximate surface area is 194 Å². The fourth-order valence-electron chi connectivity index (χ4n) is 8.39. The molecule has 5 aliphatic rings. The Morgan fingerprint density at radius 1 is 1.27 bits per heavy atom. The van der Waals surface area contributed by atoms with Gasteiger partial charge in [-0.15, -0.1) is 0 Å². The van der Waals surface area contributed by atoms with Gasteiger partial charge in [0.05, 0.1) is 23.7 Å². The largest absolute Gasteiger partial charge is 0.481 e. The number of aliphatic carboxylic acids is 1. The average Bonchev–Trinajstić information content (AvgIpc) is 3.38. The lowest BCUT2D eigenvalue weighted by Crippen LogP contribution is -2.63. The molecule has 7 nitrogen and oxygen atoms in total. The second-order valence-corrected chi connectivity index (χ2v) is 11.9. The van der Waals surface area contributed by atoms with Gasteiger partial charge in [0.2, 0.25) is 0 Å². The predicted molar refractivity (Wildman–Crippen MR) is 118 cm³/mol. The van der Waals surface area contributed by atoms with E-state index in [0.717, 1.165) is 12.0 Å². The number of esters is 1. The number of epoxide rings is 1. The summed E-state index contributed by atoms with van der Waals surface area (Å²) in [6.45, 7) is 7.94. The quantitative estimate of drug-likeness (QED) is 0.477. The Morgan fingerprint density at radius 2 is 2.00 bits per heavy atom. The molecular formula is C26H36O7. The minimum Gasteiger partial charge on any atom is -0.481 e.